The number of anilines is 4. The minimum absolute atomic E-state index is 0.0721. The molecule has 206 valence electrons. The van der Waals surface area contributed by atoms with E-state index < -0.39 is 34.0 Å². The topological polar surface area (TPSA) is 118 Å². The number of alkyl halides is 2. The van der Waals surface area contributed by atoms with Crippen molar-refractivity contribution in [3.63, 3.8) is 0 Å². The molecule has 10 nitrogen and oxygen atoms in total. The van der Waals surface area contributed by atoms with Crippen LogP contribution in [0, 0.1) is 5.92 Å². The van der Waals surface area contributed by atoms with Gasteiger partial charge in [0.1, 0.15) is 5.02 Å². The van der Waals surface area contributed by atoms with E-state index in [-0.39, 0.29) is 46.0 Å². The minimum atomic E-state index is -3.13. The van der Waals surface area contributed by atoms with Crippen LogP contribution in [0.2, 0.25) is 5.02 Å². The number of nitrogens with one attached hydrogen (secondary N) is 2. The number of sulfone groups is 1. The van der Waals surface area contributed by atoms with Gasteiger partial charge in [0.05, 0.1) is 34.9 Å². The number of fused-ring (bicyclic) bond motifs is 5. The second-order valence-electron chi connectivity index (χ2n) is 10.8. The average molecular weight is 579 g/mol. The average Bonchev–Trinajstić information content (AvgIpc) is 3.71. The zero-order valence-electron chi connectivity index (χ0n) is 20.8. The molecular formula is C25H25ClF2N6O4S. The molecule has 7 rings (SSSR count). The zero-order valence-corrected chi connectivity index (χ0v) is 22.4. The van der Waals surface area contributed by atoms with Crippen LogP contribution in [0.1, 0.15) is 19.3 Å². The van der Waals surface area contributed by atoms with Crippen molar-refractivity contribution in [1.29, 1.82) is 0 Å². The fourth-order valence-electron chi connectivity index (χ4n) is 5.97. The molecule has 3 aliphatic heterocycles. The third kappa shape index (κ3) is 4.08. The maximum atomic E-state index is 14.9. The predicted octanol–water partition coefficient (Wildman–Crippen LogP) is 3.32. The maximum absolute atomic E-state index is 14.9. The van der Waals surface area contributed by atoms with Gasteiger partial charge in [-0.1, -0.05) is 11.6 Å². The van der Waals surface area contributed by atoms with E-state index in [1.165, 1.54) is 10.8 Å². The van der Waals surface area contributed by atoms with E-state index in [1.807, 2.05) is 4.90 Å². The van der Waals surface area contributed by atoms with Gasteiger partial charge in [0.15, 0.2) is 22.3 Å². The zero-order chi connectivity index (χ0) is 27.3. The summed E-state index contributed by atoms with van der Waals surface area (Å²) >= 11 is 6.41. The lowest BCUT2D eigenvalue weighted by atomic mass is 9.95. The molecule has 1 saturated carbocycles. The van der Waals surface area contributed by atoms with Crippen LogP contribution >= 0.6 is 11.6 Å². The van der Waals surface area contributed by atoms with Gasteiger partial charge in [-0.05, 0) is 43.4 Å². The van der Waals surface area contributed by atoms with Crippen molar-refractivity contribution in [3.8, 4) is 5.75 Å². The largest absolute Gasteiger partial charge is 0.480 e. The van der Waals surface area contributed by atoms with Crippen molar-refractivity contribution in [2.75, 3.05) is 33.6 Å². The molecule has 2 unspecified atom stereocenters. The van der Waals surface area contributed by atoms with Gasteiger partial charge in [-0.15, -0.1) is 0 Å². The van der Waals surface area contributed by atoms with E-state index in [4.69, 9.17) is 16.3 Å². The van der Waals surface area contributed by atoms with Gasteiger partial charge in [0.25, 0.3) is 5.56 Å². The second-order valence-corrected chi connectivity index (χ2v) is 13.4. The van der Waals surface area contributed by atoms with Gasteiger partial charge in [-0.3, -0.25) is 4.79 Å². The molecule has 0 amide bonds. The Labute approximate surface area is 227 Å². The molecule has 2 N–H and O–H groups in total. The first kappa shape index (κ1) is 24.8. The molecular weight excluding hydrogens is 554 g/mol. The van der Waals surface area contributed by atoms with E-state index in [0.717, 1.165) is 6.42 Å². The van der Waals surface area contributed by atoms with Crippen LogP contribution in [0.25, 0.3) is 10.9 Å². The lowest BCUT2D eigenvalue weighted by Crippen LogP contribution is -2.66. The summed E-state index contributed by atoms with van der Waals surface area (Å²) in [4.78, 5) is 23.8. The van der Waals surface area contributed by atoms with E-state index in [2.05, 4.69) is 20.6 Å². The van der Waals surface area contributed by atoms with E-state index in [0.29, 0.717) is 41.2 Å². The van der Waals surface area contributed by atoms with Crippen molar-refractivity contribution in [3.05, 3.63) is 39.8 Å². The standard InChI is InChI=1S/C25H25ClF2N6O4S/c1-33-18-5-4-13(6-16(18)19-20(23(33)35)38-11-25(27,28)21(31-19)12-2-3-12)30-22-17(26)8-29-24(32-22)34-14-7-15(34)10-39(36,37)9-14/h4-6,8,12,14-15,21,31H,2-3,7,9-11H2,1H3,(H,29,30,32)/t14?,15?,21-/m0/s1. The van der Waals surface area contributed by atoms with Crippen LogP contribution in [0.15, 0.2) is 29.2 Å². The summed E-state index contributed by atoms with van der Waals surface area (Å²) in [6.45, 7) is -0.869. The Hall–Kier alpha value is -3.19. The van der Waals surface area contributed by atoms with Crippen molar-refractivity contribution >= 4 is 55.5 Å². The van der Waals surface area contributed by atoms with Crippen molar-refractivity contribution in [2.24, 2.45) is 13.0 Å². The van der Waals surface area contributed by atoms with E-state index >= 15 is 0 Å². The number of pyridine rings is 1. The molecule has 4 aliphatic rings. The molecule has 39 heavy (non-hydrogen) atoms. The van der Waals surface area contributed by atoms with Crippen LogP contribution in [0.3, 0.4) is 0 Å². The number of aromatic nitrogens is 3. The SMILES string of the molecule is Cn1c(=O)c2c(c3cc(Nc4nc(N5C6CC5CS(=O)(=O)C6)ncc4Cl)ccc31)N[C@@H](C1CC1)C(F)(F)CO2. The Morgan fingerprint density at radius 3 is 2.69 bits per heavy atom. The van der Waals surface area contributed by atoms with Crippen LogP contribution in [-0.2, 0) is 16.9 Å². The van der Waals surface area contributed by atoms with Gasteiger partial charge >= 0.3 is 5.92 Å². The molecule has 2 aromatic heterocycles. The lowest BCUT2D eigenvalue weighted by Gasteiger charge is -2.52. The molecule has 14 heteroatoms. The first-order valence-corrected chi connectivity index (χ1v) is 14.9. The summed E-state index contributed by atoms with van der Waals surface area (Å²) in [6, 6.07) is 3.73. The van der Waals surface area contributed by atoms with E-state index in [1.54, 1.807) is 25.2 Å². The highest BCUT2D eigenvalue weighted by molar-refractivity contribution is 7.91. The molecule has 3 fully saturated rings. The Balaban J connectivity index is 1.26. The number of hydrogen-bond acceptors (Lipinski definition) is 9. The highest BCUT2D eigenvalue weighted by atomic mass is 35.5. The molecule has 3 atom stereocenters. The fraction of sp³-hybridized carbons (Fsp3) is 0.480. The summed E-state index contributed by atoms with van der Waals surface area (Å²) in [7, 11) is -1.50. The fourth-order valence-corrected chi connectivity index (χ4v) is 8.01. The van der Waals surface area contributed by atoms with Crippen LogP contribution in [0.5, 0.6) is 5.75 Å². The quantitative estimate of drug-likeness (QED) is 0.480. The highest BCUT2D eigenvalue weighted by Crippen LogP contribution is 2.46. The Morgan fingerprint density at radius 2 is 1.97 bits per heavy atom. The normalized spacial score (nSPS) is 26.6. The Kier molecular flexibility index (Phi) is 5.35. The number of nitrogens with zero attached hydrogens (tertiary/aromatic N) is 4. The summed E-state index contributed by atoms with van der Waals surface area (Å²) in [5.41, 5.74) is 0.852. The van der Waals surface area contributed by atoms with Gasteiger partial charge in [0.2, 0.25) is 11.7 Å². The smallest absolute Gasteiger partial charge is 0.301 e. The minimum Gasteiger partial charge on any atom is -0.480 e. The molecule has 1 aliphatic carbocycles. The molecule has 2 saturated heterocycles. The number of hydrogen-bond donors (Lipinski definition) is 2. The number of aryl methyl sites for hydroxylation is 1. The predicted molar refractivity (Wildman–Crippen MR) is 143 cm³/mol. The third-order valence-electron chi connectivity index (χ3n) is 8.06. The number of rotatable bonds is 4. The molecule has 5 heterocycles. The van der Waals surface area contributed by atoms with Crippen molar-refractivity contribution in [2.45, 2.75) is 43.3 Å². The van der Waals surface area contributed by atoms with E-state index in [9.17, 15) is 22.0 Å². The van der Waals surface area contributed by atoms with Crippen molar-refractivity contribution < 1.29 is 21.9 Å². The first-order chi connectivity index (χ1) is 18.5. The summed E-state index contributed by atoms with van der Waals surface area (Å²) in [6.07, 6.45) is 3.62. The van der Waals surface area contributed by atoms with Gasteiger partial charge in [-0.2, -0.15) is 4.98 Å². The highest BCUT2D eigenvalue weighted by Gasteiger charge is 2.51. The van der Waals surface area contributed by atoms with Gasteiger partial charge in [0, 0.05) is 30.2 Å². The van der Waals surface area contributed by atoms with Crippen LogP contribution in [0.4, 0.5) is 31.9 Å². The molecule has 1 aromatic carbocycles. The molecule has 0 radical (unpaired) electrons. The number of halogens is 3. The third-order valence-corrected chi connectivity index (χ3v) is 10.1. The van der Waals surface area contributed by atoms with Crippen LogP contribution < -0.4 is 25.8 Å². The second kappa shape index (κ2) is 8.40. The number of benzene rings is 1. The monoisotopic (exact) mass is 578 g/mol. The van der Waals surface area contributed by atoms with Crippen LogP contribution in [-0.4, -0.2) is 65.1 Å². The Bertz CT molecular complexity index is 1680. The molecule has 0 spiro atoms. The van der Waals surface area contributed by atoms with Crippen molar-refractivity contribution in [1.82, 2.24) is 14.5 Å². The summed E-state index contributed by atoms with van der Waals surface area (Å²) < 4.78 is 60.7. The lowest BCUT2D eigenvalue weighted by molar-refractivity contribution is -0.0579. The Morgan fingerprint density at radius 1 is 1.23 bits per heavy atom. The molecule has 2 bridgehead atoms. The van der Waals surface area contributed by atoms with Gasteiger partial charge in [-0.25, -0.2) is 22.2 Å². The number of ether oxygens (including phenoxy) is 1. The molecule has 3 aromatic rings. The first-order valence-electron chi connectivity index (χ1n) is 12.7. The summed E-state index contributed by atoms with van der Waals surface area (Å²) in [5, 5.41) is 6.94. The van der Waals surface area contributed by atoms with Gasteiger partial charge < -0.3 is 24.8 Å². The maximum Gasteiger partial charge on any atom is 0.301 e. The summed E-state index contributed by atoms with van der Waals surface area (Å²) in [5.74, 6) is -2.61.